The Morgan fingerprint density at radius 2 is 2.06 bits per heavy atom. The predicted molar refractivity (Wildman–Crippen MR) is 65.2 cm³/mol. The molecule has 92 valence electrons. The third kappa shape index (κ3) is 2.84. The van der Waals surface area contributed by atoms with Gasteiger partial charge in [0.15, 0.2) is 0 Å². The Bertz CT molecular complexity index is 431. The molecule has 5 heteroatoms. The molecule has 17 heavy (non-hydrogen) atoms. The van der Waals surface area contributed by atoms with Crippen LogP contribution in [-0.4, -0.2) is 35.1 Å². The maximum absolute atomic E-state index is 13.1. The summed E-state index contributed by atoms with van der Waals surface area (Å²) in [7, 11) is 0. The van der Waals surface area contributed by atoms with E-state index < -0.39 is 0 Å². The van der Waals surface area contributed by atoms with Crippen LogP contribution in [0.3, 0.4) is 0 Å². The highest BCUT2D eigenvalue weighted by Gasteiger charge is 2.22. The topological polar surface area (TPSA) is 40.5 Å². The van der Waals surface area contributed by atoms with Gasteiger partial charge in [0.25, 0.3) is 5.91 Å². The van der Waals surface area contributed by atoms with Crippen LogP contribution in [-0.2, 0) is 0 Å². The standard InChI is InChI=1S/C12H13BrFNO2/c13-10-7-8(1-2-11(10)14)12(17)15-5-3-9(16)4-6-15/h1-2,7,9,16H,3-6H2. The second kappa shape index (κ2) is 5.14. The fourth-order valence-electron chi connectivity index (χ4n) is 1.88. The number of halogens is 2. The molecule has 1 aromatic carbocycles. The van der Waals surface area contributed by atoms with Crippen molar-refractivity contribution in [1.82, 2.24) is 4.90 Å². The number of nitrogens with zero attached hydrogens (tertiary/aromatic N) is 1. The molecule has 1 N–H and O–H groups in total. The maximum Gasteiger partial charge on any atom is 0.253 e. The zero-order valence-corrected chi connectivity index (χ0v) is 10.8. The molecule has 1 aliphatic rings. The molecule has 0 aromatic heterocycles. The van der Waals surface area contributed by atoms with Crippen LogP contribution in [0.5, 0.6) is 0 Å². The highest BCUT2D eigenvalue weighted by molar-refractivity contribution is 9.10. The van der Waals surface area contributed by atoms with Crippen molar-refractivity contribution in [3.63, 3.8) is 0 Å². The van der Waals surface area contributed by atoms with Crippen molar-refractivity contribution in [2.75, 3.05) is 13.1 Å². The highest BCUT2D eigenvalue weighted by Crippen LogP contribution is 2.19. The second-order valence-electron chi connectivity index (χ2n) is 4.15. The van der Waals surface area contributed by atoms with Gasteiger partial charge in [-0.3, -0.25) is 4.79 Å². The predicted octanol–water partition coefficient (Wildman–Crippen LogP) is 2.19. The minimum Gasteiger partial charge on any atom is -0.393 e. The van der Waals surface area contributed by atoms with Crippen molar-refractivity contribution in [2.45, 2.75) is 18.9 Å². The number of carbonyl (C=O) groups is 1. The van der Waals surface area contributed by atoms with Gasteiger partial charge in [0.2, 0.25) is 0 Å². The first kappa shape index (κ1) is 12.5. The van der Waals surface area contributed by atoms with Gasteiger partial charge in [-0.15, -0.1) is 0 Å². The summed E-state index contributed by atoms with van der Waals surface area (Å²) < 4.78 is 13.3. The zero-order valence-electron chi connectivity index (χ0n) is 9.20. The van der Waals surface area contributed by atoms with Crippen LogP contribution in [0.25, 0.3) is 0 Å². The van der Waals surface area contributed by atoms with E-state index >= 15 is 0 Å². The van der Waals surface area contributed by atoms with Gasteiger partial charge < -0.3 is 10.0 Å². The molecule has 1 aliphatic heterocycles. The zero-order chi connectivity index (χ0) is 12.4. The van der Waals surface area contributed by atoms with E-state index in [1.807, 2.05) is 0 Å². The average molecular weight is 302 g/mol. The summed E-state index contributed by atoms with van der Waals surface area (Å²) in [6.45, 7) is 1.10. The van der Waals surface area contributed by atoms with E-state index in [9.17, 15) is 14.3 Å². The number of rotatable bonds is 1. The summed E-state index contributed by atoms with van der Waals surface area (Å²) in [6.07, 6.45) is 0.904. The Hall–Kier alpha value is -0.940. The number of carbonyl (C=O) groups excluding carboxylic acids is 1. The number of aliphatic hydroxyl groups is 1. The van der Waals surface area contributed by atoms with Gasteiger partial charge >= 0.3 is 0 Å². The van der Waals surface area contributed by atoms with Crippen LogP contribution in [0.15, 0.2) is 22.7 Å². The lowest BCUT2D eigenvalue weighted by Gasteiger charge is -2.29. The fraction of sp³-hybridized carbons (Fsp3) is 0.417. The largest absolute Gasteiger partial charge is 0.393 e. The van der Waals surface area contributed by atoms with Gasteiger partial charge in [-0.25, -0.2) is 4.39 Å². The number of benzene rings is 1. The lowest BCUT2D eigenvalue weighted by Crippen LogP contribution is -2.40. The van der Waals surface area contributed by atoms with E-state index in [4.69, 9.17) is 0 Å². The van der Waals surface area contributed by atoms with E-state index in [0.717, 1.165) is 0 Å². The van der Waals surface area contributed by atoms with Gasteiger partial charge in [0.05, 0.1) is 10.6 Å². The number of aliphatic hydroxyl groups excluding tert-OH is 1. The SMILES string of the molecule is O=C(c1ccc(F)c(Br)c1)N1CCC(O)CC1. The smallest absolute Gasteiger partial charge is 0.253 e. The molecule has 0 unspecified atom stereocenters. The van der Waals surface area contributed by atoms with Gasteiger partial charge in [-0.1, -0.05) is 0 Å². The number of hydrogen-bond donors (Lipinski definition) is 1. The normalized spacial score (nSPS) is 17.2. The van der Waals surface area contributed by atoms with Gasteiger partial charge in [-0.05, 0) is 47.0 Å². The van der Waals surface area contributed by atoms with Crippen molar-refractivity contribution < 1.29 is 14.3 Å². The molecular formula is C12H13BrFNO2. The van der Waals surface area contributed by atoms with Gasteiger partial charge in [-0.2, -0.15) is 0 Å². The van der Waals surface area contributed by atoms with E-state index in [2.05, 4.69) is 15.9 Å². The molecule has 1 fully saturated rings. The number of hydrogen-bond acceptors (Lipinski definition) is 2. The Labute approximate surface area is 107 Å². The van der Waals surface area contributed by atoms with Crippen molar-refractivity contribution in [1.29, 1.82) is 0 Å². The second-order valence-corrected chi connectivity index (χ2v) is 5.01. The number of likely N-dealkylation sites (tertiary alicyclic amines) is 1. The molecule has 0 saturated carbocycles. The lowest BCUT2D eigenvalue weighted by atomic mass is 10.1. The van der Waals surface area contributed by atoms with Crippen molar-refractivity contribution in [3.05, 3.63) is 34.1 Å². The van der Waals surface area contributed by atoms with E-state index in [1.54, 1.807) is 4.90 Å². The monoisotopic (exact) mass is 301 g/mol. The summed E-state index contributed by atoms with van der Waals surface area (Å²) >= 11 is 3.06. The third-order valence-corrected chi connectivity index (χ3v) is 3.53. The first-order valence-electron chi connectivity index (χ1n) is 5.50. The summed E-state index contributed by atoms with van der Waals surface area (Å²) in [5, 5.41) is 9.36. The molecule has 1 saturated heterocycles. The number of piperidine rings is 1. The van der Waals surface area contributed by atoms with Gasteiger partial charge in [0.1, 0.15) is 5.82 Å². The highest BCUT2D eigenvalue weighted by atomic mass is 79.9. The molecule has 3 nitrogen and oxygen atoms in total. The van der Waals surface area contributed by atoms with Crippen molar-refractivity contribution >= 4 is 21.8 Å². The van der Waals surface area contributed by atoms with E-state index in [-0.39, 0.29) is 17.8 Å². The lowest BCUT2D eigenvalue weighted by molar-refractivity contribution is 0.0546. The Morgan fingerprint density at radius 3 is 2.65 bits per heavy atom. The minimum absolute atomic E-state index is 0.113. The van der Waals surface area contributed by atoms with Crippen LogP contribution < -0.4 is 0 Å². The van der Waals surface area contributed by atoms with Crippen LogP contribution in [0.2, 0.25) is 0 Å². The average Bonchev–Trinajstić information content (AvgIpc) is 2.33. The first-order valence-corrected chi connectivity index (χ1v) is 6.29. The molecule has 0 radical (unpaired) electrons. The van der Waals surface area contributed by atoms with E-state index in [1.165, 1.54) is 18.2 Å². The molecule has 0 aliphatic carbocycles. The van der Waals surface area contributed by atoms with Crippen molar-refractivity contribution in [3.8, 4) is 0 Å². The van der Waals surface area contributed by atoms with Crippen LogP contribution in [0, 0.1) is 5.82 Å². The quantitative estimate of drug-likeness (QED) is 0.864. The van der Waals surface area contributed by atoms with Crippen molar-refractivity contribution in [2.24, 2.45) is 0 Å². The van der Waals surface area contributed by atoms with Crippen LogP contribution in [0.4, 0.5) is 4.39 Å². The molecule has 2 rings (SSSR count). The molecule has 1 aromatic rings. The third-order valence-electron chi connectivity index (χ3n) is 2.92. The maximum atomic E-state index is 13.1. The molecule has 1 amide bonds. The summed E-state index contributed by atoms with van der Waals surface area (Å²) in [4.78, 5) is 13.8. The Morgan fingerprint density at radius 1 is 1.41 bits per heavy atom. The van der Waals surface area contributed by atoms with E-state index in [0.29, 0.717) is 36.0 Å². The molecule has 0 spiro atoms. The Kier molecular flexibility index (Phi) is 3.79. The minimum atomic E-state index is -0.379. The Balaban J connectivity index is 2.11. The van der Waals surface area contributed by atoms with Crippen LogP contribution in [0.1, 0.15) is 23.2 Å². The molecule has 0 atom stereocenters. The molecule has 1 heterocycles. The summed E-state index contributed by atoms with van der Waals surface area (Å²) in [5.41, 5.74) is 0.467. The molecular weight excluding hydrogens is 289 g/mol. The fourth-order valence-corrected chi connectivity index (χ4v) is 2.26. The summed E-state index contributed by atoms with van der Waals surface area (Å²) in [5.74, 6) is -0.492. The number of amides is 1. The van der Waals surface area contributed by atoms with Crippen LogP contribution >= 0.6 is 15.9 Å². The van der Waals surface area contributed by atoms with Gasteiger partial charge in [0, 0.05) is 18.7 Å². The summed E-state index contributed by atoms with van der Waals surface area (Å²) in [6, 6.07) is 4.24. The molecule has 0 bridgehead atoms. The first-order chi connectivity index (χ1) is 8.08.